The van der Waals surface area contributed by atoms with Gasteiger partial charge in [-0.1, -0.05) is 35.9 Å². The van der Waals surface area contributed by atoms with Crippen molar-refractivity contribution in [3.8, 4) is 0 Å². The first-order chi connectivity index (χ1) is 10.3. The van der Waals surface area contributed by atoms with Gasteiger partial charge >= 0.3 is 16.4 Å². The zero-order valence-corrected chi connectivity index (χ0v) is 13.2. The first-order valence-electron chi connectivity index (χ1n) is 6.88. The maximum atomic E-state index is 11.9. The molecule has 0 spiro atoms. The van der Waals surface area contributed by atoms with Gasteiger partial charge in [-0.2, -0.15) is 12.7 Å². The summed E-state index contributed by atoms with van der Waals surface area (Å²) in [5.74, 6) is 0. The average molecular weight is 325 g/mol. The van der Waals surface area contributed by atoms with Crippen molar-refractivity contribution in [2.45, 2.75) is 31.7 Å². The number of rotatable bonds is 5. The Hall–Kier alpha value is -1.86. The lowest BCUT2D eigenvalue weighted by atomic mass is 9.86. The molecular formula is C15H19NO5S. The second kappa shape index (κ2) is 6.10. The second-order valence-corrected chi connectivity index (χ2v) is 7.07. The minimum Gasteiger partial charge on any atom is -0.464 e. The largest absolute Gasteiger partial charge is 0.464 e. The predicted molar refractivity (Wildman–Crippen MR) is 81.7 cm³/mol. The molecule has 22 heavy (non-hydrogen) atoms. The Morgan fingerprint density at radius 1 is 1.41 bits per heavy atom. The van der Waals surface area contributed by atoms with Gasteiger partial charge in [0.15, 0.2) is 0 Å². The van der Waals surface area contributed by atoms with Crippen LogP contribution < -0.4 is 0 Å². The Morgan fingerprint density at radius 2 is 2.05 bits per heavy atom. The normalized spacial score (nSPS) is 23.4. The third kappa shape index (κ3) is 3.31. The molecule has 120 valence electrons. The third-order valence-electron chi connectivity index (χ3n) is 3.66. The van der Waals surface area contributed by atoms with Crippen LogP contribution in [0.3, 0.4) is 0 Å². The van der Waals surface area contributed by atoms with E-state index in [2.05, 4.69) is 6.58 Å². The fraction of sp³-hybridized carbons (Fsp3) is 0.400. The number of carboxylic acid groups (broad SMARTS) is 1. The molecule has 1 amide bonds. The zero-order valence-electron chi connectivity index (χ0n) is 12.4. The van der Waals surface area contributed by atoms with E-state index in [0.717, 1.165) is 5.56 Å². The summed E-state index contributed by atoms with van der Waals surface area (Å²) in [6, 6.07) is 9.50. The van der Waals surface area contributed by atoms with Crippen molar-refractivity contribution in [2.24, 2.45) is 0 Å². The molecule has 1 fully saturated rings. The highest BCUT2D eigenvalue weighted by Crippen LogP contribution is 2.37. The van der Waals surface area contributed by atoms with Crippen molar-refractivity contribution in [3.63, 3.8) is 0 Å². The molecule has 7 heteroatoms. The summed E-state index contributed by atoms with van der Waals surface area (Å²) in [4.78, 5) is 11.5. The molecule has 0 radical (unpaired) electrons. The van der Waals surface area contributed by atoms with Gasteiger partial charge in [-0.25, -0.2) is 4.79 Å². The average Bonchev–Trinajstić information content (AvgIpc) is 2.69. The van der Waals surface area contributed by atoms with E-state index in [1.807, 2.05) is 30.3 Å². The third-order valence-corrected chi connectivity index (χ3v) is 5.06. The lowest BCUT2D eigenvalue weighted by Gasteiger charge is -2.33. The van der Waals surface area contributed by atoms with E-state index in [1.165, 1.54) is 0 Å². The second-order valence-electron chi connectivity index (χ2n) is 5.61. The first-order valence-corrected chi connectivity index (χ1v) is 8.24. The van der Waals surface area contributed by atoms with E-state index < -0.39 is 21.9 Å². The molecule has 0 bridgehead atoms. The number of hydrogen-bond donors (Lipinski definition) is 1. The van der Waals surface area contributed by atoms with Crippen LogP contribution in [0.15, 0.2) is 42.5 Å². The van der Waals surface area contributed by atoms with E-state index >= 15 is 0 Å². The summed E-state index contributed by atoms with van der Waals surface area (Å²) in [5.41, 5.74) is 0.588. The number of hydrogen-bond acceptors (Lipinski definition) is 4. The van der Waals surface area contributed by atoms with E-state index in [-0.39, 0.29) is 13.0 Å². The van der Waals surface area contributed by atoms with Crippen molar-refractivity contribution >= 4 is 16.4 Å². The van der Waals surface area contributed by atoms with Crippen LogP contribution in [-0.2, 0) is 20.9 Å². The van der Waals surface area contributed by atoms with Gasteiger partial charge < -0.3 is 5.11 Å². The Balaban J connectivity index is 2.32. The molecular weight excluding hydrogens is 306 g/mol. The molecule has 1 aliphatic heterocycles. The predicted octanol–water partition coefficient (Wildman–Crippen LogP) is 2.58. The van der Waals surface area contributed by atoms with Crippen LogP contribution in [-0.4, -0.2) is 36.1 Å². The van der Waals surface area contributed by atoms with Crippen molar-refractivity contribution in [1.82, 2.24) is 4.31 Å². The summed E-state index contributed by atoms with van der Waals surface area (Å²) in [7, 11) is -4.25. The van der Waals surface area contributed by atoms with Crippen molar-refractivity contribution in [2.75, 3.05) is 6.61 Å². The quantitative estimate of drug-likeness (QED) is 0.841. The van der Waals surface area contributed by atoms with Crippen molar-refractivity contribution in [1.29, 1.82) is 0 Å². The molecule has 2 rings (SSSR count). The van der Waals surface area contributed by atoms with Crippen LogP contribution in [0.4, 0.5) is 4.79 Å². The summed E-state index contributed by atoms with van der Waals surface area (Å²) >= 11 is 0. The van der Waals surface area contributed by atoms with Gasteiger partial charge in [0.05, 0.1) is 12.1 Å². The minimum atomic E-state index is -4.25. The molecule has 0 aliphatic carbocycles. The highest BCUT2D eigenvalue weighted by atomic mass is 32.2. The first kappa shape index (κ1) is 16.5. The van der Waals surface area contributed by atoms with E-state index in [0.29, 0.717) is 22.7 Å². The van der Waals surface area contributed by atoms with E-state index in [9.17, 15) is 18.3 Å². The molecule has 0 saturated carbocycles. The molecule has 0 aromatic heterocycles. The zero-order chi connectivity index (χ0) is 16.4. The smallest absolute Gasteiger partial charge is 0.423 e. The number of aryl methyl sites for hydroxylation is 1. The lowest BCUT2D eigenvalue weighted by molar-refractivity contribution is 0.126. The van der Waals surface area contributed by atoms with Crippen LogP contribution in [0.25, 0.3) is 0 Å². The maximum absolute atomic E-state index is 11.9. The van der Waals surface area contributed by atoms with Gasteiger partial charge in [-0.3, -0.25) is 4.18 Å². The summed E-state index contributed by atoms with van der Waals surface area (Å²) < 4.78 is 29.1. The van der Waals surface area contributed by atoms with Crippen LogP contribution in [0.5, 0.6) is 0 Å². The van der Waals surface area contributed by atoms with Crippen LogP contribution >= 0.6 is 0 Å². The summed E-state index contributed by atoms with van der Waals surface area (Å²) in [6.07, 6.45) is -0.385. The van der Waals surface area contributed by atoms with Crippen LogP contribution in [0.2, 0.25) is 0 Å². The molecule has 1 aliphatic rings. The lowest BCUT2D eigenvalue weighted by Crippen LogP contribution is -2.50. The fourth-order valence-corrected chi connectivity index (χ4v) is 4.15. The van der Waals surface area contributed by atoms with Crippen LogP contribution in [0.1, 0.15) is 25.3 Å². The maximum Gasteiger partial charge on any atom is 0.423 e. The standard InChI is InChI=1S/C15H19NO5S/c1-12(2)10-15(9-8-13-6-4-3-5-7-13)11-21-22(19,20)16(15)14(17)18/h3-7H,1,8-11H2,2H3,(H,17,18). The van der Waals surface area contributed by atoms with Gasteiger partial charge in [-0.05, 0) is 31.7 Å². The molecule has 6 nitrogen and oxygen atoms in total. The van der Waals surface area contributed by atoms with Gasteiger partial charge in [-0.15, -0.1) is 6.58 Å². The summed E-state index contributed by atoms with van der Waals surface area (Å²) in [6.45, 7) is 5.36. The highest BCUT2D eigenvalue weighted by molar-refractivity contribution is 7.85. The number of nitrogens with zero attached hydrogens (tertiary/aromatic N) is 1. The number of amides is 1. The monoisotopic (exact) mass is 325 g/mol. The molecule has 1 saturated heterocycles. The van der Waals surface area contributed by atoms with Crippen LogP contribution in [0, 0.1) is 0 Å². The Labute approximate surface area is 130 Å². The fourth-order valence-electron chi connectivity index (χ4n) is 2.80. The van der Waals surface area contributed by atoms with Crippen molar-refractivity contribution < 1.29 is 22.5 Å². The minimum absolute atomic E-state index is 0.179. The molecule has 1 aromatic rings. The molecule has 1 atom stereocenters. The van der Waals surface area contributed by atoms with Crippen molar-refractivity contribution in [3.05, 3.63) is 48.0 Å². The Kier molecular flexibility index (Phi) is 4.58. The van der Waals surface area contributed by atoms with Gasteiger partial charge in [0.25, 0.3) is 0 Å². The highest BCUT2D eigenvalue weighted by Gasteiger charge is 2.53. The molecule has 1 heterocycles. The topological polar surface area (TPSA) is 83.9 Å². The Morgan fingerprint density at radius 3 is 2.59 bits per heavy atom. The SMILES string of the molecule is C=C(C)CC1(CCc2ccccc2)COS(=O)(=O)N1C(=O)O. The summed E-state index contributed by atoms with van der Waals surface area (Å²) in [5, 5.41) is 9.33. The number of carbonyl (C=O) groups is 1. The van der Waals surface area contributed by atoms with Gasteiger partial charge in [0.2, 0.25) is 0 Å². The Bertz CT molecular complexity index is 670. The molecule has 1 aromatic carbocycles. The van der Waals surface area contributed by atoms with E-state index in [4.69, 9.17) is 4.18 Å². The number of benzene rings is 1. The van der Waals surface area contributed by atoms with Gasteiger partial charge in [0, 0.05) is 0 Å². The van der Waals surface area contributed by atoms with E-state index in [1.54, 1.807) is 6.92 Å². The molecule has 1 unspecified atom stereocenters. The molecule has 1 N–H and O–H groups in total. The van der Waals surface area contributed by atoms with Gasteiger partial charge in [0.1, 0.15) is 0 Å².